The van der Waals surface area contributed by atoms with Gasteiger partial charge in [-0.15, -0.1) is 0 Å². The summed E-state index contributed by atoms with van der Waals surface area (Å²) in [4.78, 5) is 22.3. The van der Waals surface area contributed by atoms with E-state index in [9.17, 15) is 14.7 Å². The lowest BCUT2D eigenvalue weighted by molar-refractivity contribution is -0.151. The average Bonchev–Trinajstić information content (AvgIpc) is 2.39. The van der Waals surface area contributed by atoms with E-state index in [1.165, 1.54) is 12.1 Å². The summed E-state index contributed by atoms with van der Waals surface area (Å²) in [5.74, 6) is -2.36. The van der Waals surface area contributed by atoms with E-state index in [0.29, 0.717) is 5.56 Å². The molecule has 0 aliphatic heterocycles. The summed E-state index contributed by atoms with van der Waals surface area (Å²) in [7, 11) is 0. The van der Waals surface area contributed by atoms with Gasteiger partial charge in [-0.05, 0) is 19.1 Å². The molecule has 0 saturated heterocycles. The maximum Gasteiger partial charge on any atom is 0.379 e. The SMILES string of the molecule is CCOC(=O)C(=O)C=C(O)c1cccc(C#N)c1. The molecule has 5 heteroatoms. The average molecular weight is 245 g/mol. The van der Waals surface area contributed by atoms with Gasteiger partial charge in [-0.1, -0.05) is 12.1 Å². The maximum atomic E-state index is 11.3. The third kappa shape index (κ3) is 3.46. The highest BCUT2D eigenvalue weighted by atomic mass is 16.5. The van der Waals surface area contributed by atoms with Crippen LogP contribution in [0.5, 0.6) is 0 Å². The van der Waals surface area contributed by atoms with Gasteiger partial charge in [0.1, 0.15) is 5.76 Å². The first-order valence-corrected chi connectivity index (χ1v) is 5.20. The first-order chi connectivity index (χ1) is 8.58. The number of hydrogen-bond acceptors (Lipinski definition) is 5. The van der Waals surface area contributed by atoms with Gasteiger partial charge in [-0.25, -0.2) is 4.79 Å². The van der Waals surface area contributed by atoms with Crippen LogP contribution in [0, 0.1) is 11.3 Å². The summed E-state index contributed by atoms with van der Waals surface area (Å²) in [5, 5.41) is 18.3. The van der Waals surface area contributed by atoms with Gasteiger partial charge in [0.25, 0.3) is 5.78 Å². The predicted molar refractivity (Wildman–Crippen MR) is 63.4 cm³/mol. The molecular weight excluding hydrogens is 234 g/mol. The summed E-state index contributed by atoms with van der Waals surface area (Å²) >= 11 is 0. The van der Waals surface area contributed by atoms with E-state index in [0.717, 1.165) is 6.08 Å². The van der Waals surface area contributed by atoms with Crippen LogP contribution in [-0.2, 0) is 14.3 Å². The number of ketones is 1. The second-order valence-corrected chi connectivity index (χ2v) is 3.31. The minimum atomic E-state index is -1.03. The van der Waals surface area contributed by atoms with E-state index in [-0.39, 0.29) is 17.9 Å². The molecule has 0 bridgehead atoms. The molecule has 0 saturated carbocycles. The number of benzene rings is 1. The Kier molecular flexibility index (Phi) is 4.64. The summed E-state index contributed by atoms with van der Waals surface area (Å²) in [5.41, 5.74) is 0.628. The minimum absolute atomic E-state index is 0.0864. The molecule has 0 amide bonds. The van der Waals surface area contributed by atoms with Crippen LogP contribution in [0.4, 0.5) is 0 Å². The molecule has 1 aromatic carbocycles. The Balaban J connectivity index is 2.92. The molecule has 1 rings (SSSR count). The third-order valence-electron chi connectivity index (χ3n) is 2.03. The highest BCUT2D eigenvalue weighted by Gasteiger charge is 2.13. The Hall–Kier alpha value is -2.61. The Bertz CT molecular complexity index is 540. The van der Waals surface area contributed by atoms with Gasteiger partial charge in [-0.2, -0.15) is 5.26 Å². The van der Waals surface area contributed by atoms with Crippen molar-refractivity contribution in [3.8, 4) is 6.07 Å². The van der Waals surface area contributed by atoms with Crippen molar-refractivity contribution in [1.29, 1.82) is 5.26 Å². The van der Waals surface area contributed by atoms with E-state index >= 15 is 0 Å². The minimum Gasteiger partial charge on any atom is -0.507 e. The van der Waals surface area contributed by atoms with Crippen molar-refractivity contribution >= 4 is 17.5 Å². The number of nitrogens with zero attached hydrogens (tertiary/aromatic N) is 1. The smallest absolute Gasteiger partial charge is 0.379 e. The standard InChI is InChI=1S/C13H11NO4/c1-2-18-13(17)12(16)7-11(15)10-5-3-4-9(6-10)8-14/h3-7,15H,2H2,1H3. The summed E-state index contributed by atoms with van der Waals surface area (Å²) in [6.07, 6.45) is 0.772. The third-order valence-corrected chi connectivity index (χ3v) is 2.03. The van der Waals surface area contributed by atoms with Gasteiger partial charge in [0.05, 0.1) is 18.2 Å². The van der Waals surface area contributed by atoms with Gasteiger partial charge >= 0.3 is 5.97 Å². The van der Waals surface area contributed by atoms with Crippen LogP contribution >= 0.6 is 0 Å². The second kappa shape index (κ2) is 6.21. The van der Waals surface area contributed by atoms with Gasteiger partial charge < -0.3 is 9.84 Å². The van der Waals surface area contributed by atoms with Gasteiger partial charge in [0.2, 0.25) is 0 Å². The van der Waals surface area contributed by atoms with Crippen LogP contribution < -0.4 is 0 Å². The van der Waals surface area contributed by atoms with Crippen molar-refractivity contribution in [3.05, 3.63) is 41.5 Å². The highest BCUT2D eigenvalue weighted by molar-refractivity contribution is 6.39. The normalized spacial score (nSPS) is 10.6. The van der Waals surface area contributed by atoms with E-state index < -0.39 is 11.8 Å². The molecule has 5 nitrogen and oxygen atoms in total. The molecule has 0 aliphatic carbocycles. The number of carbonyl (C=O) groups is 2. The molecule has 0 spiro atoms. The molecule has 0 heterocycles. The molecule has 1 aromatic rings. The van der Waals surface area contributed by atoms with Crippen LogP contribution in [0.25, 0.3) is 5.76 Å². The zero-order valence-electron chi connectivity index (χ0n) is 9.71. The van der Waals surface area contributed by atoms with Gasteiger partial charge in [-0.3, -0.25) is 4.79 Å². The molecule has 0 aliphatic rings. The summed E-state index contributed by atoms with van der Waals surface area (Å²) in [6, 6.07) is 7.95. The Labute approximate surface area is 104 Å². The monoisotopic (exact) mass is 245 g/mol. The van der Waals surface area contributed by atoms with E-state index in [4.69, 9.17) is 5.26 Å². The fourth-order valence-corrected chi connectivity index (χ4v) is 1.22. The van der Waals surface area contributed by atoms with Crippen LogP contribution in [0.1, 0.15) is 18.1 Å². The molecule has 92 valence electrons. The Morgan fingerprint density at radius 2 is 2.22 bits per heavy atom. The topological polar surface area (TPSA) is 87.4 Å². The van der Waals surface area contributed by atoms with Crippen LogP contribution in [0.3, 0.4) is 0 Å². The van der Waals surface area contributed by atoms with Crippen molar-refractivity contribution in [2.45, 2.75) is 6.92 Å². The van der Waals surface area contributed by atoms with Crippen LogP contribution in [0.2, 0.25) is 0 Å². The van der Waals surface area contributed by atoms with Crippen molar-refractivity contribution in [2.75, 3.05) is 6.61 Å². The number of esters is 1. The summed E-state index contributed by atoms with van der Waals surface area (Å²) < 4.78 is 4.49. The number of hydrogen-bond donors (Lipinski definition) is 1. The number of rotatable bonds is 4. The van der Waals surface area contributed by atoms with Crippen molar-refractivity contribution < 1.29 is 19.4 Å². The number of aliphatic hydroxyl groups is 1. The fraction of sp³-hybridized carbons (Fsp3) is 0.154. The van der Waals surface area contributed by atoms with E-state index in [2.05, 4.69) is 4.74 Å². The van der Waals surface area contributed by atoms with Gasteiger partial charge in [0, 0.05) is 11.6 Å². The number of nitriles is 1. The summed E-state index contributed by atoms with van der Waals surface area (Å²) in [6.45, 7) is 1.66. The zero-order valence-corrected chi connectivity index (χ0v) is 9.71. The van der Waals surface area contributed by atoms with Crippen molar-refractivity contribution in [3.63, 3.8) is 0 Å². The molecule has 0 unspecified atom stereocenters. The highest BCUT2D eigenvalue weighted by Crippen LogP contribution is 2.13. The van der Waals surface area contributed by atoms with Crippen molar-refractivity contribution in [2.24, 2.45) is 0 Å². The first-order valence-electron chi connectivity index (χ1n) is 5.20. The molecule has 0 atom stereocenters. The maximum absolute atomic E-state index is 11.3. The number of ether oxygens (including phenoxy) is 1. The lowest BCUT2D eigenvalue weighted by atomic mass is 10.1. The first kappa shape index (κ1) is 13.5. The largest absolute Gasteiger partial charge is 0.507 e. The molecular formula is C13H11NO4. The van der Waals surface area contributed by atoms with Crippen molar-refractivity contribution in [1.82, 2.24) is 0 Å². The Morgan fingerprint density at radius 3 is 2.83 bits per heavy atom. The molecule has 0 radical (unpaired) electrons. The van der Waals surface area contributed by atoms with Gasteiger partial charge in [0.15, 0.2) is 0 Å². The number of carbonyl (C=O) groups excluding carboxylic acids is 2. The second-order valence-electron chi connectivity index (χ2n) is 3.31. The number of aliphatic hydroxyl groups excluding tert-OH is 1. The lowest BCUT2D eigenvalue weighted by Gasteiger charge is -2.01. The predicted octanol–water partition coefficient (Wildman–Crippen LogP) is 1.59. The lowest BCUT2D eigenvalue weighted by Crippen LogP contribution is -2.15. The van der Waals surface area contributed by atoms with Crippen LogP contribution in [0.15, 0.2) is 30.3 Å². The van der Waals surface area contributed by atoms with E-state index in [1.54, 1.807) is 19.1 Å². The Morgan fingerprint density at radius 1 is 1.50 bits per heavy atom. The molecule has 1 N–H and O–H groups in total. The van der Waals surface area contributed by atoms with Crippen LogP contribution in [-0.4, -0.2) is 23.5 Å². The fourth-order valence-electron chi connectivity index (χ4n) is 1.22. The molecule has 18 heavy (non-hydrogen) atoms. The zero-order chi connectivity index (χ0) is 13.5. The molecule has 0 aromatic heterocycles. The quantitative estimate of drug-likeness (QED) is 0.376. The molecule has 0 fully saturated rings. The van der Waals surface area contributed by atoms with E-state index in [1.807, 2.05) is 6.07 Å².